The van der Waals surface area contributed by atoms with Crippen LogP contribution in [0.2, 0.25) is 5.02 Å². The van der Waals surface area contributed by atoms with E-state index >= 15 is 0 Å². The van der Waals surface area contributed by atoms with Gasteiger partial charge in [0.05, 0.1) is 23.7 Å². The van der Waals surface area contributed by atoms with E-state index in [0.717, 1.165) is 28.0 Å². The van der Waals surface area contributed by atoms with Gasteiger partial charge >= 0.3 is 16.3 Å². The van der Waals surface area contributed by atoms with E-state index < -0.39 is 34.3 Å². The minimum Gasteiger partial charge on any atom is -0.461 e. The highest BCUT2D eigenvalue weighted by Gasteiger charge is 2.39. The molecule has 230 valence electrons. The smallest absolute Gasteiger partial charge is 0.333 e. The number of nitrogens with one attached hydrogen (secondary N) is 1. The summed E-state index contributed by atoms with van der Waals surface area (Å²) in [7, 11) is -4.20. The molecule has 2 aromatic heterocycles. The fourth-order valence-electron chi connectivity index (χ4n) is 5.44. The summed E-state index contributed by atoms with van der Waals surface area (Å²) in [6.45, 7) is 3.72. The van der Waals surface area contributed by atoms with Gasteiger partial charge in [0.15, 0.2) is 0 Å². The number of thiophene rings is 1. The summed E-state index contributed by atoms with van der Waals surface area (Å²) >= 11 is 7.65. The molecule has 0 spiro atoms. The maximum Gasteiger partial charge on any atom is 0.333 e. The SMILES string of the molecule is Cc1sc(C(=O)c2cncnc2N[C@H]2CC(OC(=O)[C@H](C)N)[C@@H](COS(N)(=O)=O)C2)cc1C1OCCc2ccc(Cl)cc21. The number of ether oxygens (including phenoxy) is 2. The molecule has 0 radical (unpaired) electrons. The van der Waals surface area contributed by atoms with Crippen LogP contribution in [0.5, 0.6) is 0 Å². The number of carbonyl (C=O) groups is 2. The number of anilines is 1. The molecule has 5 rings (SSSR count). The van der Waals surface area contributed by atoms with Gasteiger partial charge in [-0.2, -0.15) is 8.42 Å². The summed E-state index contributed by atoms with van der Waals surface area (Å²) < 4.78 is 39.3. The van der Waals surface area contributed by atoms with Crippen LogP contribution >= 0.6 is 22.9 Å². The van der Waals surface area contributed by atoms with E-state index in [1.807, 2.05) is 31.2 Å². The first kappa shape index (κ1) is 31.4. The van der Waals surface area contributed by atoms with Crippen molar-refractivity contribution in [3.05, 3.63) is 73.8 Å². The summed E-state index contributed by atoms with van der Waals surface area (Å²) in [5.74, 6) is -1.08. The summed E-state index contributed by atoms with van der Waals surface area (Å²) in [6, 6.07) is 6.44. The number of nitrogens with zero attached hydrogens (tertiary/aromatic N) is 2. The number of hydrogen-bond donors (Lipinski definition) is 3. The average molecular weight is 650 g/mol. The Bertz CT molecular complexity index is 1630. The summed E-state index contributed by atoms with van der Waals surface area (Å²) in [6.07, 6.45) is 3.19. The number of fused-ring (bicyclic) bond motifs is 1. The van der Waals surface area contributed by atoms with E-state index in [1.54, 1.807) is 0 Å². The van der Waals surface area contributed by atoms with Crippen molar-refractivity contribution >= 4 is 50.8 Å². The molecule has 3 heterocycles. The number of esters is 1. The number of hydrogen-bond acceptors (Lipinski definition) is 12. The van der Waals surface area contributed by atoms with Crippen molar-refractivity contribution in [2.24, 2.45) is 16.8 Å². The van der Waals surface area contributed by atoms with Gasteiger partial charge in [0.25, 0.3) is 0 Å². The highest BCUT2D eigenvalue weighted by molar-refractivity contribution is 7.84. The lowest BCUT2D eigenvalue weighted by Gasteiger charge is -2.26. The molecule has 1 fully saturated rings. The molecule has 3 aromatic rings. The molecule has 0 saturated heterocycles. The van der Waals surface area contributed by atoms with Crippen molar-refractivity contribution in [3.8, 4) is 0 Å². The van der Waals surface area contributed by atoms with Gasteiger partial charge in [0.1, 0.15) is 30.4 Å². The van der Waals surface area contributed by atoms with Crippen LogP contribution in [-0.2, 0) is 35.2 Å². The van der Waals surface area contributed by atoms with Gasteiger partial charge in [-0.25, -0.2) is 15.1 Å². The Balaban J connectivity index is 1.36. The van der Waals surface area contributed by atoms with Crippen LogP contribution in [-0.4, -0.2) is 61.5 Å². The zero-order chi connectivity index (χ0) is 30.9. The fourth-order valence-corrected chi connectivity index (χ4v) is 6.99. The second-order valence-corrected chi connectivity index (χ2v) is 13.6. The minimum absolute atomic E-state index is 0.261. The van der Waals surface area contributed by atoms with Crippen LogP contribution < -0.4 is 16.2 Å². The van der Waals surface area contributed by atoms with E-state index in [0.29, 0.717) is 35.2 Å². The molecule has 2 unspecified atom stereocenters. The monoisotopic (exact) mass is 649 g/mol. The van der Waals surface area contributed by atoms with E-state index in [9.17, 15) is 18.0 Å². The van der Waals surface area contributed by atoms with Crippen LogP contribution in [0.25, 0.3) is 0 Å². The third kappa shape index (κ3) is 7.40. The van der Waals surface area contributed by atoms with Gasteiger partial charge in [-0.15, -0.1) is 11.3 Å². The van der Waals surface area contributed by atoms with Crippen molar-refractivity contribution < 1.29 is 31.7 Å². The molecule has 15 heteroatoms. The standard InChI is InChI=1S/C28H32ClN5O7S2/c1-14(30)28(36)41-23-9-19(7-17(23)12-40-43(31,37)38)34-27-22(11-32-13-33-27)25(35)24-10-20(15(2)42-24)26-21-8-18(29)4-3-16(21)5-6-39-26/h3-4,8,10-11,13-14,17,19,23,26H,5-7,9,12,30H2,1-2H3,(H2,31,37,38)(H,32,33,34)/t14-,17+,19+,23?,26?/m0/s1. The molecule has 12 nitrogen and oxygen atoms in total. The van der Waals surface area contributed by atoms with Crippen molar-refractivity contribution in [2.75, 3.05) is 18.5 Å². The second kappa shape index (κ2) is 12.9. The average Bonchev–Trinajstić information content (AvgIpc) is 3.53. The molecule has 1 saturated carbocycles. The van der Waals surface area contributed by atoms with Gasteiger partial charge in [-0.3, -0.25) is 13.8 Å². The van der Waals surface area contributed by atoms with Gasteiger partial charge in [0.2, 0.25) is 5.78 Å². The zero-order valence-electron chi connectivity index (χ0n) is 23.5. The molecule has 1 aliphatic heterocycles. The van der Waals surface area contributed by atoms with Gasteiger partial charge < -0.3 is 20.5 Å². The molecular formula is C28H32ClN5O7S2. The van der Waals surface area contributed by atoms with Crippen LogP contribution in [0, 0.1) is 12.8 Å². The molecule has 43 heavy (non-hydrogen) atoms. The molecule has 0 amide bonds. The molecule has 5 N–H and O–H groups in total. The fraction of sp³-hybridized carbons (Fsp3) is 0.429. The Hall–Kier alpha value is -2.98. The lowest BCUT2D eigenvalue weighted by Crippen LogP contribution is -2.35. The Morgan fingerprint density at radius 1 is 1.26 bits per heavy atom. The maximum absolute atomic E-state index is 13.8. The highest BCUT2D eigenvalue weighted by atomic mass is 35.5. The van der Waals surface area contributed by atoms with Gasteiger partial charge in [-0.05, 0) is 61.6 Å². The zero-order valence-corrected chi connectivity index (χ0v) is 25.9. The van der Waals surface area contributed by atoms with Crippen LogP contribution in [0.4, 0.5) is 5.82 Å². The Morgan fingerprint density at radius 3 is 2.79 bits per heavy atom. The number of rotatable bonds is 10. The number of nitrogens with two attached hydrogens (primary N) is 2. The van der Waals surface area contributed by atoms with Crippen molar-refractivity contribution in [1.82, 2.24) is 9.97 Å². The lowest BCUT2D eigenvalue weighted by molar-refractivity contribution is -0.152. The summed E-state index contributed by atoms with van der Waals surface area (Å²) in [5, 5.41) is 8.88. The van der Waals surface area contributed by atoms with E-state index in [-0.39, 0.29) is 30.1 Å². The largest absolute Gasteiger partial charge is 0.461 e. The Kier molecular flexibility index (Phi) is 9.46. The van der Waals surface area contributed by atoms with Gasteiger partial charge in [-0.1, -0.05) is 17.7 Å². The highest BCUT2D eigenvalue weighted by Crippen LogP contribution is 2.39. The second-order valence-electron chi connectivity index (χ2n) is 10.7. The normalized spacial score (nSPS) is 22.5. The quantitative estimate of drug-likeness (QED) is 0.216. The van der Waals surface area contributed by atoms with Crippen LogP contribution in [0.1, 0.15) is 62.7 Å². The summed E-state index contributed by atoms with van der Waals surface area (Å²) in [4.78, 5) is 35.8. The van der Waals surface area contributed by atoms with Crippen molar-refractivity contribution in [3.63, 3.8) is 0 Å². The first-order chi connectivity index (χ1) is 20.4. The third-order valence-electron chi connectivity index (χ3n) is 7.52. The molecule has 0 bridgehead atoms. The number of aryl methyl sites for hydroxylation is 1. The van der Waals surface area contributed by atoms with Crippen molar-refractivity contribution in [1.29, 1.82) is 0 Å². The van der Waals surface area contributed by atoms with E-state index in [4.69, 9.17) is 36.1 Å². The number of aromatic nitrogens is 2. The molecule has 5 atom stereocenters. The van der Waals surface area contributed by atoms with E-state index in [2.05, 4.69) is 15.3 Å². The number of benzene rings is 1. The lowest BCUT2D eigenvalue weighted by atomic mass is 9.93. The number of halogens is 1. The van der Waals surface area contributed by atoms with Crippen LogP contribution in [0.15, 0.2) is 36.8 Å². The molecular weight excluding hydrogens is 618 g/mol. The third-order valence-corrected chi connectivity index (χ3v) is 9.29. The molecule has 1 aliphatic carbocycles. The van der Waals surface area contributed by atoms with Crippen molar-refractivity contribution in [2.45, 2.75) is 57.4 Å². The first-order valence-corrected chi connectivity index (χ1v) is 16.3. The first-order valence-electron chi connectivity index (χ1n) is 13.6. The van der Waals surface area contributed by atoms with Gasteiger partial charge in [0, 0.05) is 34.5 Å². The predicted molar refractivity (Wildman–Crippen MR) is 160 cm³/mol. The molecule has 1 aromatic carbocycles. The predicted octanol–water partition coefficient (Wildman–Crippen LogP) is 3.06. The molecule has 2 aliphatic rings. The Labute approximate surface area is 258 Å². The minimum atomic E-state index is -4.20. The number of ketones is 1. The van der Waals surface area contributed by atoms with E-state index in [1.165, 1.54) is 30.8 Å². The summed E-state index contributed by atoms with van der Waals surface area (Å²) in [5.41, 5.74) is 8.97. The Morgan fingerprint density at radius 2 is 2.05 bits per heavy atom. The number of carbonyl (C=O) groups excluding carboxylic acids is 2. The van der Waals surface area contributed by atoms with Crippen LogP contribution in [0.3, 0.4) is 0 Å². The topological polar surface area (TPSA) is 186 Å². The maximum atomic E-state index is 13.8.